The standard InChI is InChI=1S/C20H24N4O3/c1-14-17(7-8-18(21-14)24-9-11-27-12-10-24)22-19(25)15-5-4-6-16(13-15)20(26)23(2)3/h4-8,13H,9-12H2,1-3H3,(H,22,25). The van der Waals surface area contributed by atoms with Crippen LogP contribution in [0.5, 0.6) is 0 Å². The minimum Gasteiger partial charge on any atom is -0.378 e. The molecule has 0 aliphatic carbocycles. The first-order valence-corrected chi connectivity index (χ1v) is 8.89. The number of carbonyl (C=O) groups excluding carboxylic acids is 2. The Kier molecular flexibility index (Phi) is 5.71. The minimum atomic E-state index is -0.271. The highest BCUT2D eigenvalue weighted by molar-refractivity contribution is 6.06. The molecule has 1 aromatic carbocycles. The van der Waals surface area contributed by atoms with E-state index < -0.39 is 0 Å². The molecule has 1 N–H and O–H groups in total. The van der Waals surface area contributed by atoms with Crippen molar-refractivity contribution in [3.05, 3.63) is 53.2 Å². The van der Waals surface area contributed by atoms with Gasteiger partial charge in [0.25, 0.3) is 11.8 Å². The fourth-order valence-corrected chi connectivity index (χ4v) is 2.89. The Hall–Kier alpha value is -2.93. The summed E-state index contributed by atoms with van der Waals surface area (Å²) in [4.78, 5) is 33.0. The van der Waals surface area contributed by atoms with Gasteiger partial charge in [-0.15, -0.1) is 0 Å². The number of morpholine rings is 1. The number of pyridine rings is 1. The van der Waals surface area contributed by atoms with Crippen molar-refractivity contribution in [2.75, 3.05) is 50.6 Å². The van der Waals surface area contributed by atoms with Crippen LogP contribution in [0.4, 0.5) is 11.5 Å². The van der Waals surface area contributed by atoms with Crippen molar-refractivity contribution in [2.24, 2.45) is 0 Å². The molecule has 1 aliphatic rings. The molecule has 1 saturated heterocycles. The number of nitrogens with zero attached hydrogens (tertiary/aromatic N) is 3. The van der Waals surface area contributed by atoms with Crippen molar-refractivity contribution in [1.82, 2.24) is 9.88 Å². The van der Waals surface area contributed by atoms with Gasteiger partial charge in [-0.1, -0.05) is 6.07 Å². The molecular weight excluding hydrogens is 344 g/mol. The predicted molar refractivity (Wildman–Crippen MR) is 104 cm³/mol. The van der Waals surface area contributed by atoms with Gasteiger partial charge in [0.15, 0.2) is 0 Å². The molecule has 2 aromatic rings. The zero-order valence-electron chi connectivity index (χ0n) is 15.9. The summed E-state index contributed by atoms with van der Waals surface area (Å²) in [6, 6.07) is 10.5. The van der Waals surface area contributed by atoms with E-state index in [1.54, 1.807) is 38.4 Å². The summed E-state index contributed by atoms with van der Waals surface area (Å²) < 4.78 is 5.36. The molecule has 0 radical (unpaired) electrons. The molecule has 0 unspecified atom stereocenters. The molecule has 0 bridgehead atoms. The van der Waals surface area contributed by atoms with Gasteiger partial charge in [-0.2, -0.15) is 0 Å². The average molecular weight is 368 g/mol. The normalized spacial score (nSPS) is 14.0. The van der Waals surface area contributed by atoms with E-state index in [1.807, 2.05) is 19.1 Å². The lowest BCUT2D eigenvalue weighted by Crippen LogP contribution is -2.36. The predicted octanol–water partition coefficient (Wildman–Crippen LogP) is 2.18. The summed E-state index contributed by atoms with van der Waals surface area (Å²) in [6.45, 7) is 4.88. The van der Waals surface area contributed by atoms with E-state index in [4.69, 9.17) is 4.74 Å². The third-order valence-corrected chi connectivity index (χ3v) is 4.43. The molecular formula is C20H24N4O3. The second-order valence-electron chi connectivity index (χ2n) is 6.64. The molecule has 142 valence electrons. The van der Waals surface area contributed by atoms with Crippen molar-refractivity contribution in [2.45, 2.75) is 6.92 Å². The summed E-state index contributed by atoms with van der Waals surface area (Å²) in [7, 11) is 3.36. The smallest absolute Gasteiger partial charge is 0.255 e. The first kappa shape index (κ1) is 18.8. The largest absolute Gasteiger partial charge is 0.378 e. The lowest BCUT2D eigenvalue weighted by atomic mass is 10.1. The highest BCUT2D eigenvalue weighted by Gasteiger charge is 2.16. The van der Waals surface area contributed by atoms with Crippen LogP contribution in [0.1, 0.15) is 26.4 Å². The molecule has 1 aromatic heterocycles. The number of nitrogens with one attached hydrogen (secondary N) is 1. The summed E-state index contributed by atoms with van der Waals surface area (Å²) in [5.74, 6) is 0.470. The van der Waals surface area contributed by atoms with Crippen molar-refractivity contribution in [3.8, 4) is 0 Å². The maximum Gasteiger partial charge on any atom is 0.255 e. The summed E-state index contributed by atoms with van der Waals surface area (Å²) in [6.07, 6.45) is 0. The van der Waals surface area contributed by atoms with Crippen LogP contribution in [-0.4, -0.2) is 62.1 Å². The van der Waals surface area contributed by atoms with E-state index in [9.17, 15) is 9.59 Å². The summed E-state index contributed by atoms with van der Waals surface area (Å²) in [5.41, 5.74) is 2.30. The third kappa shape index (κ3) is 4.43. The van der Waals surface area contributed by atoms with Crippen LogP contribution in [-0.2, 0) is 4.74 Å². The van der Waals surface area contributed by atoms with Crippen LogP contribution in [0, 0.1) is 6.92 Å². The lowest BCUT2D eigenvalue weighted by molar-refractivity contribution is 0.0827. The number of amides is 2. The van der Waals surface area contributed by atoms with Crippen LogP contribution in [0.25, 0.3) is 0 Å². The number of hydrogen-bond acceptors (Lipinski definition) is 5. The summed E-state index contributed by atoms with van der Waals surface area (Å²) >= 11 is 0. The molecule has 0 saturated carbocycles. The van der Waals surface area contributed by atoms with Crippen LogP contribution < -0.4 is 10.2 Å². The van der Waals surface area contributed by atoms with Crippen LogP contribution in [0.2, 0.25) is 0 Å². The van der Waals surface area contributed by atoms with Crippen LogP contribution >= 0.6 is 0 Å². The zero-order chi connectivity index (χ0) is 19.4. The minimum absolute atomic E-state index is 0.141. The zero-order valence-corrected chi connectivity index (χ0v) is 15.9. The number of benzene rings is 1. The fraction of sp³-hybridized carbons (Fsp3) is 0.350. The molecule has 7 nitrogen and oxygen atoms in total. The highest BCUT2D eigenvalue weighted by Crippen LogP contribution is 2.20. The Morgan fingerprint density at radius 2 is 1.81 bits per heavy atom. The Balaban J connectivity index is 1.74. The Morgan fingerprint density at radius 3 is 2.48 bits per heavy atom. The second kappa shape index (κ2) is 8.18. The number of hydrogen-bond donors (Lipinski definition) is 1. The SMILES string of the molecule is Cc1nc(N2CCOCC2)ccc1NC(=O)c1cccc(C(=O)N(C)C)c1. The quantitative estimate of drug-likeness (QED) is 0.895. The third-order valence-electron chi connectivity index (χ3n) is 4.43. The Bertz CT molecular complexity index is 845. The van der Waals surface area contributed by atoms with Gasteiger partial charge in [0.1, 0.15) is 5.82 Å². The molecule has 7 heteroatoms. The molecule has 27 heavy (non-hydrogen) atoms. The van der Waals surface area contributed by atoms with Crippen molar-refractivity contribution < 1.29 is 14.3 Å². The van der Waals surface area contributed by atoms with Gasteiger partial charge >= 0.3 is 0 Å². The number of aryl methyl sites for hydroxylation is 1. The van der Waals surface area contributed by atoms with E-state index in [-0.39, 0.29) is 11.8 Å². The molecule has 2 heterocycles. The number of carbonyl (C=O) groups is 2. The van der Waals surface area contributed by atoms with E-state index in [2.05, 4.69) is 15.2 Å². The molecule has 0 spiro atoms. The topological polar surface area (TPSA) is 74.8 Å². The summed E-state index contributed by atoms with van der Waals surface area (Å²) in [5, 5.41) is 2.88. The Morgan fingerprint density at radius 1 is 1.11 bits per heavy atom. The van der Waals surface area contributed by atoms with Crippen molar-refractivity contribution in [3.63, 3.8) is 0 Å². The monoisotopic (exact) mass is 368 g/mol. The van der Waals surface area contributed by atoms with Gasteiger partial charge in [-0.25, -0.2) is 4.98 Å². The molecule has 2 amide bonds. The maximum absolute atomic E-state index is 12.6. The second-order valence-corrected chi connectivity index (χ2v) is 6.64. The lowest BCUT2D eigenvalue weighted by Gasteiger charge is -2.28. The number of rotatable bonds is 4. The van der Waals surface area contributed by atoms with E-state index in [0.717, 1.165) is 24.6 Å². The van der Waals surface area contributed by atoms with Gasteiger partial charge in [-0.05, 0) is 37.3 Å². The highest BCUT2D eigenvalue weighted by atomic mass is 16.5. The van der Waals surface area contributed by atoms with Gasteiger partial charge in [-0.3, -0.25) is 9.59 Å². The first-order chi connectivity index (χ1) is 13.0. The van der Waals surface area contributed by atoms with Crippen LogP contribution in [0.3, 0.4) is 0 Å². The van der Waals surface area contributed by atoms with E-state index in [0.29, 0.717) is 30.0 Å². The Labute approximate surface area is 158 Å². The number of ether oxygens (including phenoxy) is 1. The van der Waals surface area contributed by atoms with Crippen molar-refractivity contribution in [1.29, 1.82) is 0 Å². The molecule has 0 atom stereocenters. The average Bonchev–Trinajstić information content (AvgIpc) is 2.69. The van der Waals surface area contributed by atoms with Gasteiger partial charge < -0.3 is 19.9 Å². The number of anilines is 2. The maximum atomic E-state index is 12.6. The van der Waals surface area contributed by atoms with Gasteiger partial charge in [0.05, 0.1) is 24.6 Å². The first-order valence-electron chi connectivity index (χ1n) is 8.89. The van der Waals surface area contributed by atoms with E-state index in [1.165, 1.54) is 4.90 Å². The van der Waals surface area contributed by atoms with Gasteiger partial charge in [0, 0.05) is 38.3 Å². The number of aromatic nitrogens is 1. The molecule has 3 rings (SSSR count). The van der Waals surface area contributed by atoms with Gasteiger partial charge in [0.2, 0.25) is 0 Å². The van der Waals surface area contributed by atoms with Crippen molar-refractivity contribution >= 4 is 23.3 Å². The van der Waals surface area contributed by atoms with E-state index >= 15 is 0 Å². The molecule has 1 fully saturated rings. The fourth-order valence-electron chi connectivity index (χ4n) is 2.89. The molecule has 1 aliphatic heterocycles. The van der Waals surface area contributed by atoms with Crippen LogP contribution in [0.15, 0.2) is 36.4 Å².